The SMILES string of the molecule is C#C[C@@]1(O)CC[C@@H]2[C@@H]3CCC4=C/C(=N\OCC(=O)N[C@H](C(=O)N[C@H](CC(=O)O)C(=O)O)C(C)C)CC[C@]4(C)[C@@H]3CC[C@@]21C. The molecule has 0 aromatic carbocycles. The Labute approximate surface area is 252 Å². The highest BCUT2D eigenvalue weighted by Crippen LogP contribution is 2.67. The minimum atomic E-state index is -1.62. The van der Waals surface area contributed by atoms with Crippen molar-refractivity contribution in [3.8, 4) is 12.3 Å². The van der Waals surface area contributed by atoms with Gasteiger partial charge in [-0.2, -0.15) is 0 Å². The van der Waals surface area contributed by atoms with E-state index in [4.69, 9.17) is 16.4 Å². The van der Waals surface area contributed by atoms with E-state index >= 15 is 0 Å². The van der Waals surface area contributed by atoms with Crippen LogP contribution in [0, 0.1) is 46.8 Å². The summed E-state index contributed by atoms with van der Waals surface area (Å²) in [7, 11) is 0. The number of carbonyl (C=O) groups is 4. The van der Waals surface area contributed by atoms with Crippen LogP contribution < -0.4 is 10.6 Å². The number of hydrogen-bond acceptors (Lipinski definition) is 7. The van der Waals surface area contributed by atoms with E-state index in [0.29, 0.717) is 30.6 Å². The number of allylic oxidation sites excluding steroid dienone is 2. The number of aliphatic hydroxyl groups is 1. The van der Waals surface area contributed by atoms with Gasteiger partial charge in [-0.05, 0) is 86.5 Å². The van der Waals surface area contributed by atoms with E-state index in [1.54, 1.807) is 13.8 Å². The molecular weight excluding hydrogens is 554 g/mol. The maximum absolute atomic E-state index is 12.6. The average Bonchev–Trinajstić information content (AvgIpc) is 3.21. The van der Waals surface area contributed by atoms with Crippen LogP contribution in [0.5, 0.6) is 0 Å². The summed E-state index contributed by atoms with van der Waals surface area (Å²) >= 11 is 0. The Hall–Kier alpha value is -3.39. The molecule has 43 heavy (non-hydrogen) atoms. The third-order valence-electron chi connectivity index (χ3n) is 11.0. The lowest BCUT2D eigenvalue weighted by molar-refractivity contribution is -0.147. The van der Waals surface area contributed by atoms with Gasteiger partial charge in [-0.25, -0.2) is 4.79 Å². The first-order valence-electron chi connectivity index (χ1n) is 15.3. The molecule has 4 aliphatic rings. The molecule has 0 aliphatic heterocycles. The van der Waals surface area contributed by atoms with Gasteiger partial charge in [0.2, 0.25) is 5.91 Å². The normalized spacial score (nSPS) is 35.3. The van der Waals surface area contributed by atoms with Gasteiger partial charge in [0.15, 0.2) is 6.61 Å². The molecule has 0 aromatic rings. The number of amides is 2. The first-order valence-corrected chi connectivity index (χ1v) is 15.3. The number of nitrogens with one attached hydrogen (secondary N) is 2. The smallest absolute Gasteiger partial charge is 0.326 e. The molecule has 0 radical (unpaired) electrons. The van der Waals surface area contributed by atoms with Gasteiger partial charge in [-0.3, -0.25) is 14.4 Å². The standard InChI is InChI=1S/C32H45N3O8/c1-6-32(42)14-11-23-21-8-7-19-15-20(9-12-30(19,4)22(21)10-13-31(23,32)5)35-43-17-25(36)34-27(18(2)3)28(39)33-24(29(40)41)16-26(37)38/h1,15,18,21-24,27,42H,7-14,16-17H2,2-5H3,(H,33,39)(H,34,36)(H,37,38)(H,40,41)/b35-20-/t21-,22-,23-,24-,27+,30+,31+,32-/m1/s1. The first kappa shape index (κ1) is 32.5. The van der Waals surface area contributed by atoms with Gasteiger partial charge >= 0.3 is 11.9 Å². The zero-order chi connectivity index (χ0) is 31.7. The third kappa shape index (κ3) is 6.17. The van der Waals surface area contributed by atoms with E-state index in [9.17, 15) is 29.4 Å². The highest BCUT2D eigenvalue weighted by Gasteiger charge is 2.63. The molecule has 11 heteroatoms. The second-order valence-corrected chi connectivity index (χ2v) is 13.6. The van der Waals surface area contributed by atoms with E-state index in [1.807, 2.05) is 0 Å². The van der Waals surface area contributed by atoms with Crippen LogP contribution in [0.3, 0.4) is 0 Å². The molecule has 5 N–H and O–H groups in total. The van der Waals surface area contributed by atoms with Crippen LogP contribution in [0.1, 0.15) is 85.5 Å². The Morgan fingerprint density at radius 3 is 2.40 bits per heavy atom. The molecule has 0 heterocycles. The fourth-order valence-electron chi connectivity index (χ4n) is 8.46. The summed E-state index contributed by atoms with van der Waals surface area (Å²) in [5.74, 6) is -0.430. The largest absolute Gasteiger partial charge is 0.481 e. The van der Waals surface area contributed by atoms with Gasteiger partial charge in [0.25, 0.3) is 5.91 Å². The fourth-order valence-corrected chi connectivity index (χ4v) is 8.46. The molecule has 11 nitrogen and oxygen atoms in total. The topological polar surface area (TPSA) is 175 Å². The lowest BCUT2D eigenvalue weighted by Gasteiger charge is -2.58. The molecule has 0 spiro atoms. The van der Waals surface area contributed by atoms with E-state index < -0.39 is 60.4 Å². The van der Waals surface area contributed by atoms with Crippen molar-refractivity contribution >= 4 is 29.5 Å². The van der Waals surface area contributed by atoms with Crippen molar-refractivity contribution in [2.45, 2.75) is 103 Å². The maximum atomic E-state index is 12.6. The summed E-state index contributed by atoms with van der Waals surface area (Å²) in [6.45, 7) is 7.46. The lowest BCUT2D eigenvalue weighted by atomic mass is 9.46. The summed E-state index contributed by atoms with van der Waals surface area (Å²) in [5.41, 5.74) is 0.909. The molecule has 3 fully saturated rings. The Morgan fingerprint density at radius 2 is 1.77 bits per heavy atom. The molecule has 0 aromatic heterocycles. The number of rotatable bonds is 10. The van der Waals surface area contributed by atoms with E-state index in [0.717, 1.165) is 44.2 Å². The summed E-state index contributed by atoms with van der Waals surface area (Å²) in [4.78, 5) is 52.9. The van der Waals surface area contributed by atoms with E-state index in [-0.39, 0.29) is 10.8 Å². The van der Waals surface area contributed by atoms with Gasteiger partial charge in [0, 0.05) is 5.41 Å². The van der Waals surface area contributed by atoms with Crippen LogP contribution in [0.2, 0.25) is 0 Å². The van der Waals surface area contributed by atoms with Crippen molar-refractivity contribution in [1.82, 2.24) is 10.6 Å². The minimum absolute atomic E-state index is 0.0454. The molecule has 3 saturated carbocycles. The highest BCUT2D eigenvalue weighted by atomic mass is 16.6. The predicted octanol–water partition coefficient (Wildman–Crippen LogP) is 2.87. The van der Waals surface area contributed by atoms with Crippen LogP contribution in [0.15, 0.2) is 16.8 Å². The van der Waals surface area contributed by atoms with Crippen LogP contribution >= 0.6 is 0 Å². The molecule has 0 unspecified atom stereocenters. The van der Waals surface area contributed by atoms with Crippen molar-refractivity contribution in [3.05, 3.63) is 11.6 Å². The van der Waals surface area contributed by atoms with E-state index in [2.05, 4.69) is 41.6 Å². The second kappa shape index (κ2) is 12.3. The summed E-state index contributed by atoms with van der Waals surface area (Å²) in [6, 6.07) is -2.70. The van der Waals surface area contributed by atoms with E-state index in [1.165, 1.54) is 5.57 Å². The Morgan fingerprint density at radius 1 is 1.07 bits per heavy atom. The lowest BCUT2D eigenvalue weighted by Crippen LogP contribution is -2.54. The molecular formula is C32H45N3O8. The van der Waals surface area contributed by atoms with Crippen molar-refractivity contribution in [2.24, 2.45) is 39.7 Å². The van der Waals surface area contributed by atoms with Gasteiger partial charge < -0.3 is 30.8 Å². The van der Waals surface area contributed by atoms with Crippen molar-refractivity contribution in [1.29, 1.82) is 0 Å². The highest BCUT2D eigenvalue weighted by molar-refractivity contribution is 5.96. The molecule has 2 amide bonds. The zero-order valence-corrected chi connectivity index (χ0v) is 25.5. The summed E-state index contributed by atoms with van der Waals surface area (Å²) in [6.07, 6.45) is 14.4. The van der Waals surface area contributed by atoms with Gasteiger partial charge in [-0.1, -0.05) is 44.3 Å². The number of oxime groups is 1. The van der Waals surface area contributed by atoms with Crippen LogP contribution in [-0.4, -0.2) is 69.1 Å². The second-order valence-electron chi connectivity index (χ2n) is 13.6. The summed E-state index contributed by atoms with van der Waals surface area (Å²) in [5, 5.41) is 38.3. The molecule has 236 valence electrons. The number of nitrogens with zero attached hydrogens (tertiary/aromatic N) is 1. The van der Waals surface area contributed by atoms with Crippen LogP contribution in [0.25, 0.3) is 0 Å². The number of carboxylic acid groups (broad SMARTS) is 2. The Kier molecular flexibility index (Phi) is 9.31. The quantitative estimate of drug-likeness (QED) is 0.188. The molecule has 4 rings (SSSR count). The van der Waals surface area contributed by atoms with Crippen molar-refractivity contribution in [3.63, 3.8) is 0 Å². The summed E-state index contributed by atoms with van der Waals surface area (Å²) < 4.78 is 0. The first-order chi connectivity index (χ1) is 20.1. The molecule has 0 saturated heterocycles. The number of aliphatic carboxylic acids is 2. The number of carbonyl (C=O) groups excluding carboxylic acids is 2. The van der Waals surface area contributed by atoms with Crippen LogP contribution in [-0.2, 0) is 24.0 Å². The zero-order valence-electron chi connectivity index (χ0n) is 25.5. The number of fused-ring (bicyclic) bond motifs is 5. The monoisotopic (exact) mass is 599 g/mol. The third-order valence-corrected chi connectivity index (χ3v) is 11.0. The minimum Gasteiger partial charge on any atom is -0.481 e. The average molecular weight is 600 g/mol. The fraction of sp³-hybridized carbons (Fsp3) is 0.719. The molecule has 8 atom stereocenters. The number of terminal acetylenes is 1. The number of hydrogen-bond donors (Lipinski definition) is 5. The maximum Gasteiger partial charge on any atom is 0.326 e. The Balaban J connectivity index is 1.35. The molecule has 4 aliphatic carbocycles. The van der Waals surface area contributed by atoms with Gasteiger partial charge in [-0.15, -0.1) is 6.42 Å². The number of carboxylic acids is 2. The predicted molar refractivity (Wildman–Crippen MR) is 157 cm³/mol. The molecule has 0 bridgehead atoms. The van der Waals surface area contributed by atoms with Gasteiger partial charge in [0.05, 0.1) is 12.1 Å². The van der Waals surface area contributed by atoms with Crippen molar-refractivity contribution < 1.29 is 39.3 Å². The van der Waals surface area contributed by atoms with Gasteiger partial charge in [0.1, 0.15) is 17.7 Å². The Bertz CT molecular complexity index is 1250. The van der Waals surface area contributed by atoms with Crippen molar-refractivity contribution in [2.75, 3.05) is 6.61 Å². The van der Waals surface area contributed by atoms with Crippen LogP contribution in [0.4, 0.5) is 0 Å².